The van der Waals surface area contributed by atoms with E-state index in [1.807, 2.05) is 6.92 Å². The number of esters is 1. The maximum atomic E-state index is 12.3. The first-order valence-electron chi connectivity index (χ1n) is 8.12. The zero-order valence-electron chi connectivity index (χ0n) is 15.3. The van der Waals surface area contributed by atoms with Crippen LogP contribution in [0, 0.1) is 13.8 Å². The van der Waals surface area contributed by atoms with Gasteiger partial charge in [0.15, 0.2) is 11.9 Å². The lowest BCUT2D eigenvalue weighted by Crippen LogP contribution is -2.42. The van der Waals surface area contributed by atoms with E-state index in [0.717, 1.165) is 5.56 Å². The number of nitrogens with one attached hydrogen (secondary N) is 2. The number of anilines is 1. The van der Waals surface area contributed by atoms with Gasteiger partial charge in [0.25, 0.3) is 5.91 Å². The zero-order chi connectivity index (χ0) is 20.2. The molecule has 1 unspecified atom stereocenters. The van der Waals surface area contributed by atoms with Crippen LogP contribution in [-0.2, 0) is 24.3 Å². The number of nitrogens with zero attached hydrogens (tertiary/aromatic N) is 1. The Hall–Kier alpha value is -2.72. The summed E-state index contributed by atoms with van der Waals surface area (Å²) in [5.74, 6) is -0.808. The molecule has 0 aliphatic rings. The number of aryl methyl sites for hydroxylation is 2. The SMILES string of the molecule is Cc1ccc(S(=O)(=O)N[C@@H](C)C(=O)OC(C)C(=O)Nc2cc(C)on2)cc1. The molecule has 27 heavy (non-hydrogen) atoms. The maximum Gasteiger partial charge on any atom is 0.324 e. The summed E-state index contributed by atoms with van der Waals surface area (Å²) in [5, 5.41) is 6.03. The van der Waals surface area contributed by atoms with Crippen LogP contribution in [0.3, 0.4) is 0 Å². The summed E-state index contributed by atoms with van der Waals surface area (Å²) in [5.41, 5.74) is 0.906. The quantitative estimate of drug-likeness (QED) is 0.680. The summed E-state index contributed by atoms with van der Waals surface area (Å²) in [7, 11) is -3.90. The van der Waals surface area contributed by atoms with Crippen molar-refractivity contribution in [1.82, 2.24) is 9.88 Å². The molecule has 1 aromatic heterocycles. The van der Waals surface area contributed by atoms with Gasteiger partial charge in [-0.25, -0.2) is 8.42 Å². The third kappa shape index (κ3) is 5.63. The first-order chi connectivity index (χ1) is 12.6. The Balaban J connectivity index is 1.94. The Bertz CT molecular complexity index is 920. The van der Waals surface area contributed by atoms with Crippen LogP contribution >= 0.6 is 0 Å². The van der Waals surface area contributed by atoms with Crippen molar-refractivity contribution < 1.29 is 27.3 Å². The average molecular weight is 395 g/mol. The lowest BCUT2D eigenvalue weighted by atomic mass is 10.2. The van der Waals surface area contributed by atoms with Gasteiger partial charge in [0.1, 0.15) is 11.8 Å². The molecule has 1 heterocycles. The van der Waals surface area contributed by atoms with Gasteiger partial charge in [-0.15, -0.1) is 0 Å². The molecule has 0 aliphatic carbocycles. The molecule has 1 aromatic carbocycles. The molecule has 2 N–H and O–H groups in total. The molecule has 9 nitrogen and oxygen atoms in total. The van der Waals surface area contributed by atoms with Crippen LogP contribution in [0.2, 0.25) is 0 Å². The van der Waals surface area contributed by atoms with E-state index in [4.69, 9.17) is 9.26 Å². The van der Waals surface area contributed by atoms with Crippen molar-refractivity contribution in [3.63, 3.8) is 0 Å². The lowest BCUT2D eigenvalue weighted by molar-refractivity contribution is -0.154. The number of hydrogen-bond acceptors (Lipinski definition) is 7. The Kier molecular flexibility index (Phi) is 6.34. The molecular formula is C17H21N3O6S. The number of ether oxygens (including phenoxy) is 1. The highest BCUT2D eigenvalue weighted by atomic mass is 32.2. The van der Waals surface area contributed by atoms with E-state index in [1.165, 1.54) is 32.0 Å². The molecular weight excluding hydrogens is 374 g/mol. The second-order valence-corrected chi connectivity index (χ2v) is 7.76. The molecule has 2 aromatic rings. The molecule has 2 rings (SSSR count). The normalized spacial score (nSPS) is 13.6. The number of carbonyl (C=O) groups is 2. The number of aromatic nitrogens is 1. The van der Waals surface area contributed by atoms with Crippen LogP contribution < -0.4 is 10.0 Å². The highest BCUT2D eigenvalue weighted by Gasteiger charge is 2.26. The predicted octanol–water partition coefficient (Wildman–Crippen LogP) is 1.53. The van der Waals surface area contributed by atoms with E-state index >= 15 is 0 Å². The van der Waals surface area contributed by atoms with Crippen molar-refractivity contribution >= 4 is 27.7 Å². The molecule has 2 atom stereocenters. The summed E-state index contributed by atoms with van der Waals surface area (Å²) in [4.78, 5) is 24.2. The van der Waals surface area contributed by atoms with Crippen LogP contribution in [0.1, 0.15) is 25.2 Å². The Morgan fingerprint density at radius 1 is 1.15 bits per heavy atom. The number of sulfonamides is 1. The molecule has 0 radical (unpaired) electrons. The Morgan fingerprint density at radius 2 is 1.78 bits per heavy atom. The number of benzene rings is 1. The minimum Gasteiger partial charge on any atom is -0.451 e. The first-order valence-corrected chi connectivity index (χ1v) is 9.60. The summed E-state index contributed by atoms with van der Waals surface area (Å²) < 4.78 is 36.7. The molecule has 0 bridgehead atoms. The van der Waals surface area contributed by atoms with E-state index in [-0.39, 0.29) is 10.7 Å². The summed E-state index contributed by atoms with van der Waals surface area (Å²) in [6, 6.07) is 6.49. The second kappa shape index (κ2) is 8.31. The van der Waals surface area contributed by atoms with Crippen molar-refractivity contribution in [2.45, 2.75) is 44.7 Å². The van der Waals surface area contributed by atoms with Crippen molar-refractivity contribution in [3.8, 4) is 0 Å². The summed E-state index contributed by atoms with van der Waals surface area (Å²) in [6.07, 6.45) is -1.15. The highest BCUT2D eigenvalue weighted by Crippen LogP contribution is 2.12. The third-order valence-electron chi connectivity index (χ3n) is 3.56. The van der Waals surface area contributed by atoms with E-state index < -0.39 is 34.0 Å². The molecule has 0 spiro atoms. The van der Waals surface area contributed by atoms with Gasteiger partial charge in [-0.2, -0.15) is 4.72 Å². The topological polar surface area (TPSA) is 128 Å². The predicted molar refractivity (Wildman–Crippen MR) is 96.4 cm³/mol. The van der Waals surface area contributed by atoms with Gasteiger partial charge >= 0.3 is 5.97 Å². The second-order valence-electron chi connectivity index (χ2n) is 6.05. The number of amides is 1. The first kappa shape index (κ1) is 20.6. The summed E-state index contributed by atoms with van der Waals surface area (Å²) in [6.45, 7) is 6.19. The molecule has 10 heteroatoms. The lowest BCUT2D eigenvalue weighted by Gasteiger charge is -2.17. The van der Waals surface area contributed by atoms with Crippen molar-refractivity contribution in [3.05, 3.63) is 41.7 Å². The smallest absolute Gasteiger partial charge is 0.324 e. The zero-order valence-corrected chi connectivity index (χ0v) is 16.2. The van der Waals surface area contributed by atoms with E-state index in [0.29, 0.717) is 5.76 Å². The van der Waals surface area contributed by atoms with Gasteiger partial charge < -0.3 is 14.6 Å². The van der Waals surface area contributed by atoms with Crippen LogP contribution in [0.4, 0.5) is 5.82 Å². The van der Waals surface area contributed by atoms with E-state index in [9.17, 15) is 18.0 Å². The Labute approximate surface area is 157 Å². The highest BCUT2D eigenvalue weighted by molar-refractivity contribution is 7.89. The van der Waals surface area contributed by atoms with Crippen LogP contribution in [-0.4, -0.2) is 37.6 Å². The third-order valence-corrected chi connectivity index (χ3v) is 5.11. The van der Waals surface area contributed by atoms with Gasteiger partial charge in [0.2, 0.25) is 10.0 Å². The van der Waals surface area contributed by atoms with Gasteiger partial charge in [-0.05, 0) is 39.8 Å². The van der Waals surface area contributed by atoms with Gasteiger partial charge in [-0.1, -0.05) is 22.9 Å². The average Bonchev–Trinajstić information content (AvgIpc) is 2.99. The minimum absolute atomic E-state index is 0.0277. The van der Waals surface area contributed by atoms with Gasteiger partial charge in [-0.3, -0.25) is 9.59 Å². The molecule has 146 valence electrons. The number of rotatable bonds is 7. The monoisotopic (exact) mass is 395 g/mol. The van der Waals surface area contributed by atoms with Gasteiger partial charge in [0, 0.05) is 6.07 Å². The fraction of sp³-hybridized carbons (Fsp3) is 0.353. The number of carbonyl (C=O) groups excluding carboxylic acids is 2. The van der Waals surface area contributed by atoms with E-state index in [2.05, 4.69) is 15.2 Å². The van der Waals surface area contributed by atoms with Crippen molar-refractivity contribution in [2.75, 3.05) is 5.32 Å². The molecule has 0 fully saturated rings. The molecule has 0 aliphatic heterocycles. The van der Waals surface area contributed by atoms with E-state index in [1.54, 1.807) is 19.1 Å². The number of hydrogen-bond donors (Lipinski definition) is 2. The minimum atomic E-state index is -3.90. The fourth-order valence-electron chi connectivity index (χ4n) is 2.05. The molecule has 0 saturated carbocycles. The van der Waals surface area contributed by atoms with Crippen LogP contribution in [0.5, 0.6) is 0 Å². The van der Waals surface area contributed by atoms with Crippen molar-refractivity contribution in [2.24, 2.45) is 0 Å². The fourth-order valence-corrected chi connectivity index (χ4v) is 3.24. The van der Waals surface area contributed by atoms with Crippen molar-refractivity contribution in [1.29, 1.82) is 0 Å². The molecule has 0 saturated heterocycles. The van der Waals surface area contributed by atoms with Gasteiger partial charge in [0.05, 0.1) is 4.90 Å². The largest absolute Gasteiger partial charge is 0.451 e. The summed E-state index contributed by atoms with van der Waals surface area (Å²) >= 11 is 0. The maximum absolute atomic E-state index is 12.3. The Morgan fingerprint density at radius 3 is 2.33 bits per heavy atom. The standard InChI is InChI=1S/C17H21N3O6S/c1-10-5-7-14(8-6-10)27(23,24)20-12(3)17(22)25-13(4)16(21)18-15-9-11(2)26-19-15/h5-9,12-13,20H,1-4H3,(H,18,19,21)/t12-,13?/m0/s1. The van der Waals surface area contributed by atoms with Crippen LogP contribution in [0.25, 0.3) is 0 Å². The van der Waals surface area contributed by atoms with Crippen LogP contribution in [0.15, 0.2) is 39.8 Å². The molecule has 1 amide bonds.